The molecule has 1 aliphatic rings. The highest BCUT2D eigenvalue weighted by Gasteiger charge is 2.37. The average Bonchev–Trinajstić information content (AvgIpc) is 3.09. The fraction of sp³-hybridized carbons (Fsp3) is 0.357. The molecule has 0 aliphatic heterocycles. The van der Waals surface area contributed by atoms with E-state index in [9.17, 15) is 9.90 Å². The molecule has 4 rings (SSSR count). The zero-order chi connectivity index (χ0) is 24.0. The average molecular weight is 462 g/mol. The third-order valence-corrected chi connectivity index (χ3v) is 7.17. The lowest BCUT2D eigenvalue weighted by molar-refractivity contribution is -0.160. The Hall–Kier alpha value is -2.76. The molecular formula is C28H31NO3S. The Balaban J connectivity index is 2.03. The molecule has 3 aromatic rings. The molecule has 172 valence electrons. The molecule has 1 N–H and O–H groups in total. The van der Waals surface area contributed by atoms with E-state index in [2.05, 4.69) is 38.1 Å². The van der Waals surface area contributed by atoms with Crippen LogP contribution in [0.2, 0.25) is 0 Å². The topological polar surface area (TPSA) is 59.4 Å². The molecule has 1 atom stereocenters. The first-order valence-electron chi connectivity index (χ1n) is 11.3. The zero-order valence-corrected chi connectivity index (χ0v) is 20.9. The van der Waals surface area contributed by atoms with E-state index in [-0.39, 0.29) is 5.41 Å². The number of hydrogen-bond acceptors (Lipinski definition) is 4. The van der Waals surface area contributed by atoms with E-state index in [1.54, 1.807) is 11.3 Å². The van der Waals surface area contributed by atoms with E-state index in [0.29, 0.717) is 0 Å². The lowest BCUT2D eigenvalue weighted by Gasteiger charge is -2.32. The first-order valence-corrected chi connectivity index (χ1v) is 12.1. The van der Waals surface area contributed by atoms with Gasteiger partial charge in [0.15, 0.2) is 6.10 Å². The predicted octanol–water partition coefficient (Wildman–Crippen LogP) is 7.17. The van der Waals surface area contributed by atoms with E-state index < -0.39 is 17.7 Å². The van der Waals surface area contributed by atoms with Crippen LogP contribution in [0.1, 0.15) is 74.4 Å². The minimum atomic E-state index is -1.07. The van der Waals surface area contributed by atoms with Crippen LogP contribution in [0.25, 0.3) is 16.0 Å². The zero-order valence-electron chi connectivity index (χ0n) is 20.1. The fourth-order valence-electron chi connectivity index (χ4n) is 4.47. The quantitative estimate of drug-likeness (QED) is 0.437. The van der Waals surface area contributed by atoms with Gasteiger partial charge in [-0.3, -0.25) is 4.98 Å². The second-order valence-electron chi connectivity index (χ2n) is 10.2. The van der Waals surface area contributed by atoms with Crippen LogP contribution in [0.4, 0.5) is 0 Å². The van der Waals surface area contributed by atoms with Crippen LogP contribution >= 0.6 is 11.3 Å². The standard InChI is InChI=1S/C28H31NO3S/c1-17-21(24(26(30)31)32-27(2,3)4)22(25(33-17)18-11-8-7-9-12-18)19-14-15-28(5,6)20-13-10-16-29-23(19)20/h7-14,16,24H,15H2,1-6H3,(H,30,31). The molecule has 0 saturated heterocycles. The minimum Gasteiger partial charge on any atom is -0.479 e. The Kier molecular flexibility index (Phi) is 6.06. The number of carboxylic acids is 1. The number of allylic oxidation sites excluding steroid dienone is 1. The summed E-state index contributed by atoms with van der Waals surface area (Å²) in [6.45, 7) is 12.1. The monoisotopic (exact) mass is 461 g/mol. The van der Waals surface area contributed by atoms with Gasteiger partial charge in [-0.25, -0.2) is 4.79 Å². The van der Waals surface area contributed by atoms with Gasteiger partial charge in [0.25, 0.3) is 0 Å². The van der Waals surface area contributed by atoms with Crippen molar-refractivity contribution in [3.05, 3.63) is 82.0 Å². The molecule has 1 unspecified atom stereocenters. The van der Waals surface area contributed by atoms with Crippen molar-refractivity contribution in [1.82, 2.24) is 4.98 Å². The summed E-state index contributed by atoms with van der Waals surface area (Å²) in [5.74, 6) is -0.982. The normalized spacial score (nSPS) is 16.1. The van der Waals surface area contributed by atoms with E-state index in [4.69, 9.17) is 9.72 Å². The van der Waals surface area contributed by atoms with E-state index in [0.717, 1.165) is 44.1 Å². The number of hydrogen-bond donors (Lipinski definition) is 1. The fourth-order valence-corrected chi connectivity index (χ4v) is 5.67. The van der Waals surface area contributed by atoms with Gasteiger partial charge < -0.3 is 9.84 Å². The number of carboxylic acid groups (broad SMARTS) is 1. The first kappa shape index (κ1) is 23.4. The van der Waals surface area contributed by atoms with Crippen LogP contribution in [0.5, 0.6) is 0 Å². The van der Waals surface area contributed by atoms with Crippen molar-refractivity contribution in [3.63, 3.8) is 0 Å². The molecule has 2 heterocycles. The number of benzene rings is 1. The summed E-state index contributed by atoms with van der Waals surface area (Å²) in [6.07, 6.45) is 3.82. The van der Waals surface area contributed by atoms with Crippen molar-refractivity contribution in [2.24, 2.45) is 0 Å². The van der Waals surface area contributed by atoms with Crippen molar-refractivity contribution in [1.29, 1.82) is 0 Å². The lowest BCUT2D eigenvalue weighted by atomic mass is 9.73. The Morgan fingerprint density at radius 3 is 2.48 bits per heavy atom. The van der Waals surface area contributed by atoms with Gasteiger partial charge in [-0.1, -0.05) is 56.3 Å². The second kappa shape index (κ2) is 8.54. The molecule has 0 fully saturated rings. The Labute approximate surface area is 200 Å². The summed E-state index contributed by atoms with van der Waals surface area (Å²) in [7, 11) is 0. The van der Waals surface area contributed by atoms with Gasteiger partial charge >= 0.3 is 5.97 Å². The number of aromatic nitrogens is 1. The molecule has 33 heavy (non-hydrogen) atoms. The van der Waals surface area contributed by atoms with Gasteiger partial charge in [-0.15, -0.1) is 11.3 Å². The van der Waals surface area contributed by atoms with Crippen molar-refractivity contribution < 1.29 is 14.6 Å². The third kappa shape index (κ3) is 4.53. The molecule has 0 spiro atoms. The highest BCUT2D eigenvalue weighted by atomic mass is 32.1. The Bertz CT molecular complexity index is 1220. The maximum Gasteiger partial charge on any atom is 0.337 e. The van der Waals surface area contributed by atoms with Gasteiger partial charge in [-0.05, 0) is 56.7 Å². The van der Waals surface area contributed by atoms with Crippen molar-refractivity contribution >= 4 is 22.9 Å². The SMILES string of the molecule is Cc1sc(-c2ccccc2)c(C2=CCC(C)(C)c3cccnc32)c1C(OC(C)(C)C)C(=O)O. The molecule has 0 radical (unpaired) electrons. The van der Waals surface area contributed by atoms with Gasteiger partial charge in [0.2, 0.25) is 0 Å². The van der Waals surface area contributed by atoms with E-state index in [1.165, 1.54) is 5.56 Å². The van der Waals surface area contributed by atoms with Crippen LogP contribution in [-0.4, -0.2) is 21.7 Å². The van der Waals surface area contributed by atoms with Crippen LogP contribution in [-0.2, 0) is 14.9 Å². The van der Waals surface area contributed by atoms with Crippen molar-refractivity contribution in [2.75, 3.05) is 0 Å². The summed E-state index contributed by atoms with van der Waals surface area (Å²) in [6, 6.07) is 14.3. The Morgan fingerprint density at radius 1 is 1.15 bits per heavy atom. The number of aliphatic carboxylic acids is 1. The minimum absolute atomic E-state index is 0.0423. The molecule has 2 aromatic heterocycles. The van der Waals surface area contributed by atoms with Crippen LogP contribution in [0, 0.1) is 6.92 Å². The number of nitrogens with zero attached hydrogens (tertiary/aromatic N) is 1. The summed E-state index contributed by atoms with van der Waals surface area (Å²) in [4.78, 5) is 19.3. The summed E-state index contributed by atoms with van der Waals surface area (Å²) in [5.41, 5.74) is 5.16. The summed E-state index contributed by atoms with van der Waals surface area (Å²) >= 11 is 1.62. The third-order valence-electron chi connectivity index (χ3n) is 6.00. The van der Waals surface area contributed by atoms with Crippen molar-refractivity contribution in [2.45, 2.75) is 65.1 Å². The van der Waals surface area contributed by atoms with Crippen LogP contribution < -0.4 is 0 Å². The molecule has 0 bridgehead atoms. The van der Waals surface area contributed by atoms with E-state index >= 15 is 0 Å². The maximum absolute atomic E-state index is 12.5. The van der Waals surface area contributed by atoms with Gasteiger partial charge in [0.05, 0.1) is 11.3 Å². The Morgan fingerprint density at radius 2 is 1.85 bits per heavy atom. The number of rotatable bonds is 5. The lowest BCUT2D eigenvalue weighted by Crippen LogP contribution is -2.28. The molecule has 4 nitrogen and oxygen atoms in total. The van der Waals surface area contributed by atoms with Gasteiger partial charge in [-0.2, -0.15) is 0 Å². The van der Waals surface area contributed by atoms with E-state index in [1.807, 2.05) is 58.2 Å². The van der Waals surface area contributed by atoms with Gasteiger partial charge in [0, 0.05) is 32.7 Å². The number of thiophene rings is 1. The predicted molar refractivity (Wildman–Crippen MR) is 135 cm³/mol. The highest BCUT2D eigenvalue weighted by molar-refractivity contribution is 7.16. The van der Waals surface area contributed by atoms with Gasteiger partial charge in [0.1, 0.15) is 0 Å². The number of aryl methyl sites for hydroxylation is 1. The largest absolute Gasteiger partial charge is 0.479 e. The molecule has 0 amide bonds. The molecule has 0 saturated carbocycles. The second-order valence-corrected chi connectivity index (χ2v) is 11.4. The highest BCUT2D eigenvalue weighted by Crippen LogP contribution is 2.49. The van der Waals surface area contributed by atoms with Crippen LogP contribution in [0.3, 0.4) is 0 Å². The summed E-state index contributed by atoms with van der Waals surface area (Å²) in [5, 5.41) is 10.2. The van der Waals surface area contributed by atoms with Crippen LogP contribution in [0.15, 0.2) is 54.7 Å². The maximum atomic E-state index is 12.5. The number of pyridine rings is 1. The molecule has 1 aliphatic carbocycles. The number of ether oxygens (including phenoxy) is 1. The first-order chi connectivity index (χ1) is 15.5. The summed E-state index contributed by atoms with van der Waals surface area (Å²) < 4.78 is 6.14. The molecule has 5 heteroatoms. The van der Waals surface area contributed by atoms with Crippen molar-refractivity contribution in [3.8, 4) is 10.4 Å². The number of fused-ring (bicyclic) bond motifs is 1. The number of carbonyl (C=O) groups is 1. The molecular weight excluding hydrogens is 430 g/mol. The smallest absolute Gasteiger partial charge is 0.337 e. The molecule has 1 aromatic carbocycles.